The molecule has 0 aromatic heterocycles. The second-order valence-electron chi connectivity index (χ2n) is 8.61. The second-order valence-corrected chi connectivity index (χ2v) is 8.61. The molecule has 5 aliphatic rings. The quantitative estimate of drug-likeness (QED) is 0.782. The van der Waals surface area contributed by atoms with Crippen LogP contribution in [0.5, 0.6) is 0 Å². The molecule has 1 heteroatoms. The van der Waals surface area contributed by atoms with Crippen LogP contribution in [0.2, 0.25) is 0 Å². The molecular weight excluding hydrogens is 218 g/mol. The summed E-state index contributed by atoms with van der Waals surface area (Å²) in [7, 11) is 0. The van der Waals surface area contributed by atoms with E-state index in [1.807, 2.05) is 0 Å². The number of rotatable bonds is 2. The summed E-state index contributed by atoms with van der Waals surface area (Å²) in [5.74, 6) is 4.24. The van der Waals surface area contributed by atoms with Gasteiger partial charge in [0.1, 0.15) is 0 Å². The predicted molar refractivity (Wildman–Crippen MR) is 75.4 cm³/mol. The van der Waals surface area contributed by atoms with E-state index in [-0.39, 0.29) is 0 Å². The van der Waals surface area contributed by atoms with Gasteiger partial charge in [0.25, 0.3) is 0 Å². The Morgan fingerprint density at radius 3 is 1.94 bits per heavy atom. The summed E-state index contributed by atoms with van der Waals surface area (Å²) in [6.45, 7) is 7.80. The maximum Gasteiger partial charge on any atom is -0.00147 e. The van der Waals surface area contributed by atoms with Crippen LogP contribution in [0.3, 0.4) is 0 Å². The zero-order valence-corrected chi connectivity index (χ0v) is 12.2. The first-order chi connectivity index (χ1) is 8.59. The Morgan fingerprint density at radius 1 is 0.944 bits per heavy atom. The molecule has 4 saturated carbocycles. The summed E-state index contributed by atoms with van der Waals surface area (Å²) < 4.78 is 0. The average Bonchev–Trinajstić information content (AvgIpc) is 2.80. The fourth-order valence-corrected chi connectivity index (χ4v) is 6.60. The van der Waals surface area contributed by atoms with E-state index in [2.05, 4.69) is 19.2 Å². The van der Waals surface area contributed by atoms with Crippen molar-refractivity contribution in [1.82, 2.24) is 5.32 Å². The summed E-state index contributed by atoms with van der Waals surface area (Å²) in [5, 5.41) is 3.61. The summed E-state index contributed by atoms with van der Waals surface area (Å²) in [5.41, 5.74) is 1.30. The Balaban J connectivity index is 1.66. The molecule has 1 heterocycles. The molecule has 1 nitrogen and oxygen atoms in total. The fraction of sp³-hybridized carbons (Fsp3) is 1.00. The van der Waals surface area contributed by atoms with Gasteiger partial charge in [0.2, 0.25) is 0 Å². The van der Waals surface area contributed by atoms with Crippen LogP contribution in [0.15, 0.2) is 0 Å². The maximum absolute atomic E-state index is 3.61. The Morgan fingerprint density at radius 2 is 1.50 bits per heavy atom. The minimum Gasteiger partial charge on any atom is -0.316 e. The van der Waals surface area contributed by atoms with Gasteiger partial charge in [0, 0.05) is 0 Å². The van der Waals surface area contributed by atoms with Crippen molar-refractivity contribution in [1.29, 1.82) is 0 Å². The van der Waals surface area contributed by atoms with Gasteiger partial charge in [-0.3, -0.25) is 0 Å². The molecule has 0 amide bonds. The molecule has 4 bridgehead atoms. The fourth-order valence-electron chi connectivity index (χ4n) is 6.60. The molecule has 5 fully saturated rings. The Kier molecular flexibility index (Phi) is 2.45. The number of hydrogen-bond donors (Lipinski definition) is 1. The zero-order chi connectivity index (χ0) is 12.4. The molecule has 1 atom stereocenters. The van der Waals surface area contributed by atoms with Gasteiger partial charge in [-0.25, -0.2) is 0 Å². The molecule has 0 aromatic rings. The number of hydrogen-bond acceptors (Lipinski definition) is 1. The summed E-state index contributed by atoms with van der Waals surface area (Å²) in [4.78, 5) is 0. The topological polar surface area (TPSA) is 12.0 Å². The highest BCUT2D eigenvalue weighted by atomic mass is 14.9. The standard InChI is InChI=1S/C17H29N/c1-16(2,15-3-4-18-11-15)17-8-12-5-13(9-17)7-14(6-12)10-17/h12-15,18H,3-11H2,1-2H3. The first kappa shape index (κ1) is 11.8. The largest absolute Gasteiger partial charge is 0.316 e. The molecule has 1 N–H and O–H groups in total. The first-order valence-electron chi connectivity index (χ1n) is 8.30. The van der Waals surface area contributed by atoms with Crippen LogP contribution in [-0.2, 0) is 0 Å². The zero-order valence-electron chi connectivity index (χ0n) is 12.2. The van der Waals surface area contributed by atoms with Crippen LogP contribution >= 0.6 is 0 Å². The van der Waals surface area contributed by atoms with Crippen molar-refractivity contribution >= 4 is 0 Å². The summed E-state index contributed by atoms with van der Waals surface area (Å²) >= 11 is 0. The molecule has 5 rings (SSSR count). The first-order valence-corrected chi connectivity index (χ1v) is 8.30. The Labute approximate surface area is 112 Å². The maximum atomic E-state index is 3.61. The lowest BCUT2D eigenvalue weighted by Gasteiger charge is -2.64. The van der Waals surface area contributed by atoms with E-state index in [4.69, 9.17) is 0 Å². The molecule has 0 spiro atoms. The lowest BCUT2D eigenvalue weighted by molar-refractivity contribution is -0.137. The Hall–Kier alpha value is -0.0400. The van der Waals surface area contributed by atoms with Crippen LogP contribution in [0.4, 0.5) is 0 Å². The van der Waals surface area contributed by atoms with Crippen molar-refractivity contribution in [2.45, 2.75) is 58.8 Å². The van der Waals surface area contributed by atoms with Crippen molar-refractivity contribution in [3.05, 3.63) is 0 Å². The van der Waals surface area contributed by atoms with Crippen LogP contribution in [0.1, 0.15) is 58.8 Å². The van der Waals surface area contributed by atoms with E-state index >= 15 is 0 Å². The van der Waals surface area contributed by atoms with Crippen molar-refractivity contribution in [2.75, 3.05) is 13.1 Å². The molecule has 1 unspecified atom stereocenters. The van der Waals surface area contributed by atoms with E-state index in [0.717, 1.165) is 29.1 Å². The normalized spacial score (nSPS) is 51.0. The van der Waals surface area contributed by atoms with E-state index in [1.165, 1.54) is 19.5 Å². The van der Waals surface area contributed by atoms with Crippen molar-refractivity contribution in [2.24, 2.45) is 34.5 Å². The van der Waals surface area contributed by atoms with E-state index in [1.54, 1.807) is 38.5 Å². The van der Waals surface area contributed by atoms with Crippen molar-refractivity contribution in [3.8, 4) is 0 Å². The van der Waals surface area contributed by atoms with E-state index in [0.29, 0.717) is 5.41 Å². The monoisotopic (exact) mass is 247 g/mol. The van der Waals surface area contributed by atoms with Crippen molar-refractivity contribution in [3.63, 3.8) is 0 Å². The highest BCUT2D eigenvalue weighted by molar-refractivity contribution is 5.09. The van der Waals surface area contributed by atoms with Crippen molar-refractivity contribution < 1.29 is 0 Å². The molecule has 18 heavy (non-hydrogen) atoms. The molecule has 1 saturated heterocycles. The van der Waals surface area contributed by atoms with Gasteiger partial charge in [-0.05, 0) is 92.5 Å². The van der Waals surface area contributed by atoms with Gasteiger partial charge in [0.05, 0.1) is 0 Å². The minimum absolute atomic E-state index is 0.576. The molecular formula is C17H29N. The molecule has 1 aliphatic heterocycles. The molecule has 0 aromatic carbocycles. The third-order valence-corrected chi connectivity index (χ3v) is 7.49. The smallest absolute Gasteiger partial charge is 0.00147 e. The van der Waals surface area contributed by atoms with Gasteiger partial charge in [-0.1, -0.05) is 13.8 Å². The van der Waals surface area contributed by atoms with E-state index in [9.17, 15) is 0 Å². The predicted octanol–water partition coefficient (Wildman–Crippen LogP) is 3.84. The van der Waals surface area contributed by atoms with Gasteiger partial charge in [-0.2, -0.15) is 0 Å². The number of nitrogens with one attached hydrogen (secondary N) is 1. The SMILES string of the molecule is CC(C)(C1CCNC1)C12CC3CC(CC(C3)C1)C2. The van der Waals surface area contributed by atoms with Gasteiger partial charge in [0.15, 0.2) is 0 Å². The Bertz CT molecular complexity index is 302. The lowest BCUT2D eigenvalue weighted by atomic mass is 9.41. The lowest BCUT2D eigenvalue weighted by Crippen LogP contribution is -2.55. The summed E-state index contributed by atoms with van der Waals surface area (Å²) in [6.07, 6.45) is 10.9. The highest BCUT2D eigenvalue weighted by Gasteiger charge is 2.58. The third kappa shape index (κ3) is 1.49. The van der Waals surface area contributed by atoms with Crippen LogP contribution < -0.4 is 5.32 Å². The molecule has 102 valence electrons. The van der Waals surface area contributed by atoms with Gasteiger partial charge >= 0.3 is 0 Å². The second kappa shape index (κ2) is 3.75. The van der Waals surface area contributed by atoms with Crippen LogP contribution in [0.25, 0.3) is 0 Å². The van der Waals surface area contributed by atoms with Crippen LogP contribution in [0, 0.1) is 34.5 Å². The van der Waals surface area contributed by atoms with Gasteiger partial charge < -0.3 is 5.32 Å². The third-order valence-electron chi connectivity index (χ3n) is 7.49. The van der Waals surface area contributed by atoms with Crippen LogP contribution in [-0.4, -0.2) is 13.1 Å². The average molecular weight is 247 g/mol. The minimum atomic E-state index is 0.576. The van der Waals surface area contributed by atoms with E-state index < -0.39 is 0 Å². The molecule has 4 aliphatic carbocycles. The molecule has 0 radical (unpaired) electrons. The van der Waals surface area contributed by atoms with Gasteiger partial charge in [-0.15, -0.1) is 0 Å². The highest BCUT2D eigenvalue weighted by Crippen LogP contribution is 2.67. The summed E-state index contributed by atoms with van der Waals surface area (Å²) in [6, 6.07) is 0.